The highest BCUT2D eigenvalue weighted by Crippen LogP contribution is 2.33. The molecule has 8 nitrogen and oxygen atoms in total. The number of nitrogens with one attached hydrogen (secondary N) is 2. The van der Waals surface area contributed by atoms with Gasteiger partial charge in [-0.15, -0.1) is 11.8 Å². The number of ether oxygens (including phenoxy) is 1. The molecule has 0 aromatic rings. The predicted octanol–water partition coefficient (Wildman–Crippen LogP) is 0.148. The number of hydrogen-bond donors (Lipinski definition) is 6. The molecule has 2 heterocycles. The number of carbonyl (C=O) groups is 1. The van der Waals surface area contributed by atoms with Crippen LogP contribution in [0.5, 0.6) is 0 Å². The number of unbranched alkanes of at least 4 members (excludes halogenated alkanes) is 2. The van der Waals surface area contributed by atoms with E-state index in [4.69, 9.17) is 16.3 Å². The van der Waals surface area contributed by atoms with Crippen LogP contribution in [-0.2, 0) is 9.53 Å². The van der Waals surface area contributed by atoms with Crippen molar-refractivity contribution in [2.24, 2.45) is 5.92 Å². The van der Waals surface area contributed by atoms with Crippen molar-refractivity contribution >= 4 is 29.3 Å². The number of amides is 1. The highest BCUT2D eigenvalue weighted by atomic mass is 35.5. The normalized spacial score (nSPS) is 38.4. The Kier molecular flexibility index (Phi) is 9.49. The lowest BCUT2D eigenvalue weighted by atomic mass is 9.91. The summed E-state index contributed by atoms with van der Waals surface area (Å²) >= 11 is 7.27. The molecule has 9 atom stereocenters. The van der Waals surface area contributed by atoms with Gasteiger partial charge in [0.2, 0.25) is 5.91 Å². The fourth-order valence-electron chi connectivity index (χ4n) is 4.02. The second kappa shape index (κ2) is 10.9. The van der Waals surface area contributed by atoms with Gasteiger partial charge in [0.15, 0.2) is 5.06 Å². The maximum atomic E-state index is 12.8. The molecule has 2 fully saturated rings. The third-order valence-corrected chi connectivity index (χ3v) is 6.88. The smallest absolute Gasteiger partial charge is 0.237 e. The Balaban J connectivity index is 2.05. The average Bonchev–Trinajstić information content (AvgIpc) is 3.13. The Morgan fingerprint density at radius 2 is 2.00 bits per heavy atom. The van der Waals surface area contributed by atoms with E-state index in [1.807, 2.05) is 0 Å². The molecule has 2 aliphatic rings. The lowest BCUT2D eigenvalue weighted by Gasteiger charge is -2.45. The monoisotopic (exact) mass is 454 g/mol. The minimum absolute atomic E-state index is 0.342. The van der Waals surface area contributed by atoms with Crippen molar-refractivity contribution in [3.8, 4) is 0 Å². The first-order valence-corrected chi connectivity index (χ1v) is 11.9. The van der Waals surface area contributed by atoms with E-state index < -0.39 is 47.0 Å². The van der Waals surface area contributed by atoms with Crippen LogP contribution >= 0.6 is 23.4 Å². The second-order valence-electron chi connectivity index (χ2n) is 8.25. The number of alkyl halides is 1. The van der Waals surface area contributed by atoms with Gasteiger partial charge in [-0.3, -0.25) is 4.79 Å². The summed E-state index contributed by atoms with van der Waals surface area (Å²) in [6, 6.07) is -1.61. The number of thioether (sulfide) groups is 1. The Morgan fingerprint density at radius 3 is 2.59 bits per heavy atom. The quantitative estimate of drug-likeness (QED) is 0.214. The molecule has 0 radical (unpaired) electrons. The Hall–Kier alpha value is -0.130. The van der Waals surface area contributed by atoms with Crippen molar-refractivity contribution in [3.63, 3.8) is 0 Å². The summed E-state index contributed by atoms with van der Waals surface area (Å²) < 4.78 is 5.69. The van der Waals surface area contributed by atoms with Crippen molar-refractivity contribution in [1.29, 1.82) is 0 Å². The number of carbonyl (C=O) groups excluding carboxylic acids is 1. The first kappa shape index (κ1) is 25.1. The van der Waals surface area contributed by atoms with Crippen molar-refractivity contribution in [2.45, 2.75) is 92.9 Å². The molecule has 0 unspecified atom stereocenters. The summed E-state index contributed by atoms with van der Waals surface area (Å²) in [6.07, 6.45) is 1.39. The molecule has 0 aromatic heterocycles. The molecule has 0 spiro atoms. The number of aliphatic hydroxyl groups is 4. The van der Waals surface area contributed by atoms with E-state index >= 15 is 0 Å². The SMILES string of the molecule is CCCCC[C@H]1CN[C@H](C(=O)N[C@@H]([C@H]2O[C@H](SC)[C@H](O)[C@@H](O)[C@H]2O)[C@@](C)(O)Cl)C1. The van der Waals surface area contributed by atoms with E-state index in [-0.39, 0.29) is 5.91 Å². The van der Waals surface area contributed by atoms with Gasteiger partial charge >= 0.3 is 0 Å². The van der Waals surface area contributed by atoms with Gasteiger partial charge in [0.05, 0.1) is 6.04 Å². The van der Waals surface area contributed by atoms with Crippen LogP contribution in [0.1, 0.15) is 46.0 Å². The first-order valence-electron chi connectivity index (χ1n) is 10.3. The molecule has 2 aliphatic heterocycles. The molecule has 0 aromatic carbocycles. The molecular formula is C19H35ClN2O6S. The molecule has 1 amide bonds. The third-order valence-electron chi connectivity index (χ3n) is 5.79. The van der Waals surface area contributed by atoms with Crippen molar-refractivity contribution < 1.29 is 30.0 Å². The number of halogens is 1. The molecule has 6 N–H and O–H groups in total. The molecular weight excluding hydrogens is 420 g/mol. The van der Waals surface area contributed by atoms with Gasteiger partial charge in [0, 0.05) is 0 Å². The Labute approximate surface area is 181 Å². The Bertz CT molecular complexity index is 535. The molecule has 2 rings (SSSR count). The summed E-state index contributed by atoms with van der Waals surface area (Å²) in [5.74, 6) is 0.0765. The van der Waals surface area contributed by atoms with Crippen LogP contribution in [0.3, 0.4) is 0 Å². The third kappa shape index (κ3) is 6.43. The first-order chi connectivity index (χ1) is 13.6. The highest BCUT2D eigenvalue weighted by Gasteiger charge is 2.51. The number of rotatable bonds is 9. The van der Waals surface area contributed by atoms with E-state index in [0.29, 0.717) is 12.3 Å². The molecule has 2 saturated heterocycles. The van der Waals surface area contributed by atoms with Gasteiger partial charge in [-0.25, -0.2) is 0 Å². The van der Waals surface area contributed by atoms with Crippen molar-refractivity contribution in [2.75, 3.05) is 12.8 Å². The number of aliphatic hydroxyl groups excluding tert-OH is 3. The van der Waals surface area contributed by atoms with E-state index in [0.717, 1.165) is 37.6 Å². The zero-order valence-electron chi connectivity index (χ0n) is 17.3. The van der Waals surface area contributed by atoms with Gasteiger partial charge in [0.25, 0.3) is 0 Å². The standard InChI is InChI=1S/C19H35ClN2O6S/c1-4-5-6-7-10-8-11(21-9-10)17(26)22-16(19(2,20)27)15-13(24)12(23)14(25)18(28-15)29-3/h10-16,18,21,23-25,27H,4-9H2,1-3H3,(H,22,26)/t10-,11+,12+,13-,14-,15+,16+,18-,19-/m1/s1. The van der Waals surface area contributed by atoms with Crippen LogP contribution in [0.15, 0.2) is 0 Å². The van der Waals surface area contributed by atoms with Crippen LogP contribution in [0.4, 0.5) is 0 Å². The molecule has 29 heavy (non-hydrogen) atoms. The summed E-state index contributed by atoms with van der Waals surface area (Å²) in [7, 11) is 0. The van der Waals surface area contributed by atoms with E-state index in [9.17, 15) is 25.2 Å². The largest absolute Gasteiger partial charge is 0.388 e. The van der Waals surface area contributed by atoms with Crippen molar-refractivity contribution in [1.82, 2.24) is 10.6 Å². The van der Waals surface area contributed by atoms with E-state index in [2.05, 4.69) is 17.6 Å². The zero-order valence-corrected chi connectivity index (χ0v) is 18.8. The number of hydrogen-bond acceptors (Lipinski definition) is 8. The molecule has 170 valence electrons. The summed E-state index contributed by atoms with van der Waals surface area (Å²) in [4.78, 5) is 12.8. The summed E-state index contributed by atoms with van der Waals surface area (Å²) in [5.41, 5.74) is -0.829. The van der Waals surface area contributed by atoms with Crippen LogP contribution < -0.4 is 10.6 Å². The molecule has 0 bridgehead atoms. The van der Waals surface area contributed by atoms with Crippen LogP contribution in [0.2, 0.25) is 0 Å². The Morgan fingerprint density at radius 1 is 1.31 bits per heavy atom. The van der Waals surface area contributed by atoms with Crippen LogP contribution in [0.25, 0.3) is 0 Å². The van der Waals surface area contributed by atoms with Gasteiger partial charge in [-0.1, -0.05) is 37.8 Å². The molecule has 0 aliphatic carbocycles. The highest BCUT2D eigenvalue weighted by molar-refractivity contribution is 7.99. The van der Waals surface area contributed by atoms with Gasteiger partial charge in [-0.05, 0) is 38.5 Å². The lowest BCUT2D eigenvalue weighted by molar-refractivity contribution is -0.213. The van der Waals surface area contributed by atoms with Gasteiger partial charge < -0.3 is 35.8 Å². The minimum Gasteiger partial charge on any atom is -0.388 e. The van der Waals surface area contributed by atoms with Crippen LogP contribution in [0, 0.1) is 5.92 Å². The minimum atomic E-state index is -1.94. The summed E-state index contributed by atoms with van der Waals surface area (Å²) in [5, 5.41) is 45.0. The van der Waals surface area contributed by atoms with Gasteiger partial charge in [-0.2, -0.15) is 0 Å². The maximum absolute atomic E-state index is 12.8. The maximum Gasteiger partial charge on any atom is 0.237 e. The fourth-order valence-corrected chi connectivity index (χ4v) is 4.88. The predicted molar refractivity (Wildman–Crippen MR) is 113 cm³/mol. The zero-order chi connectivity index (χ0) is 21.8. The van der Waals surface area contributed by atoms with E-state index in [1.54, 1.807) is 6.26 Å². The lowest BCUT2D eigenvalue weighted by Crippen LogP contribution is -2.67. The van der Waals surface area contributed by atoms with Crippen molar-refractivity contribution in [3.05, 3.63) is 0 Å². The molecule has 10 heteroatoms. The second-order valence-corrected chi connectivity index (χ2v) is 9.95. The van der Waals surface area contributed by atoms with Gasteiger partial charge in [0.1, 0.15) is 35.9 Å². The summed E-state index contributed by atoms with van der Waals surface area (Å²) in [6.45, 7) is 4.20. The topological polar surface area (TPSA) is 131 Å². The van der Waals surface area contributed by atoms with Crippen LogP contribution in [-0.4, -0.2) is 86.1 Å². The fraction of sp³-hybridized carbons (Fsp3) is 0.947. The van der Waals surface area contributed by atoms with E-state index in [1.165, 1.54) is 13.3 Å². The molecule has 0 saturated carbocycles. The average molecular weight is 455 g/mol.